The van der Waals surface area contributed by atoms with Crippen molar-refractivity contribution in [3.8, 4) is 0 Å². The van der Waals surface area contributed by atoms with Crippen molar-refractivity contribution in [2.75, 3.05) is 38.2 Å². The Labute approximate surface area is 146 Å². The molecule has 1 fully saturated rings. The van der Waals surface area contributed by atoms with Crippen molar-refractivity contribution in [1.82, 2.24) is 9.88 Å². The molecule has 126 valence electrons. The van der Waals surface area contributed by atoms with E-state index < -0.39 is 0 Å². The number of amides is 1. The largest absolute Gasteiger partial charge is 0.385 e. The number of carbonyl (C=O) groups is 1. The molecule has 0 unspecified atom stereocenters. The summed E-state index contributed by atoms with van der Waals surface area (Å²) >= 11 is 5.89. The standard InChI is InChI=1S/C18H20ClN3O2/c19-15-3-1-14(2-4-15)5-7-20-16-6-8-21-17(13-16)18(23)22-9-11-24-12-10-22/h1-4,6,8,13H,5,7,9-12H2,(H,20,21). The molecule has 24 heavy (non-hydrogen) atoms. The number of halogens is 1. The lowest BCUT2D eigenvalue weighted by Gasteiger charge is -2.26. The van der Waals surface area contributed by atoms with E-state index in [4.69, 9.17) is 16.3 Å². The van der Waals surface area contributed by atoms with Crippen LogP contribution in [0, 0.1) is 0 Å². The topological polar surface area (TPSA) is 54.5 Å². The van der Waals surface area contributed by atoms with Crippen LogP contribution in [0.4, 0.5) is 5.69 Å². The van der Waals surface area contributed by atoms with E-state index in [0.29, 0.717) is 32.0 Å². The Morgan fingerprint density at radius 1 is 1.21 bits per heavy atom. The highest BCUT2D eigenvalue weighted by molar-refractivity contribution is 6.30. The van der Waals surface area contributed by atoms with Crippen molar-refractivity contribution in [3.63, 3.8) is 0 Å². The molecular formula is C18H20ClN3O2. The molecule has 0 spiro atoms. The van der Waals surface area contributed by atoms with Crippen molar-refractivity contribution in [1.29, 1.82) is 0 Å². The molecule has 6 heteroatoms. The highest BCUT2D eigenvalue weighted by Crippen LogP contribution is 2.13. The minimum Gasteiger partial charge on any atom is -0.385 e. The zero-order valence-corrected chi connectivity index (χ0v) is 14.1. The van der Waals surface area contributed by atoms with Crippen LogP contribution in [-0.2, 0) is 11.2 Å². The summed E-state index contributed by atoms with van der Waals surface area (Å²) in [6, 6.07) is 11.5. The first kappa shape index (κ1) is 16.7. The third-order valence-electron chi connectivity index (χ3n) is 3.93. The van der Waals surface area contributed by atoms with Crippen LogP contribution >= 0.6 is 11.6 Å². The normalized spacial score (nSPS) is 14.5. The average Bonchev–Trinajstić information content (AvgIpc) is 2.64. The van der Waals surface area contributed by atoms with Gasteiger partial charge in [-0.25, -0.2) is 0 Å². The maximum absolute atomic E-state index is 12.4. The molecule has 1 aliphatic heterocycles. The fourth-order valence-corrected chi connectivity index (χ4v) is 2.71. The first-order valence-electron chi connectivity index (χ1n) is 8.04. The van der Waals surface area contributed by atoms with E-state index in [1.165, 1.54) is 5.56 Å². The molecule has 1 N–H and O–H groups in total. The fraction of sp³-hybridized carbons (Fsp3) is 0.333. The molecular weight excluding hydrogens is 326 g/mol. The van der Waals surface area contributed by atoms with Gasteiger partial charge in [-0.2, -0.15) is 0 Å². The number of hydrogen-bond donors (Lipinski definition) is 1. The second-order valence-electron chi connectivity index (χ2n) is 5.64. The highest BCUT2D eigenvalue weighted by atomic mass is 35.5. The molecule has 0 saturated carbocycles. The van der Waals surface area contributed by atoms with Crippen LogP contribution in [0.5, 0.6) is 0 Å². The third kappa shape index (κ3) is 4.46. The van der Waals surface area contributed by atoms with Gasteiger partial charge in [-0.05, 0) is 36.2 Å². The van der Waals surface area contributed by atoms with E-state index in [9.17, 15) is 4.79 Å². The predicted molar refractivity (Wildman–Crippen MR) is 94.6 cm³/mol. The average molecular weight is 346 g/mol. The van der Waals surface area contributed by atoms with E-state index >= 15 is 0 Å². The second-order valence-corrected chi connectivity index (χ2v) is 6.07. The van der Waals surface area contributed by atoms with Gasteiger partial charge in [0.05, 0.1) is 13.2 Å². The molecule has 2 aromatic rings. The Balaban J connectivity index is 1.56. The lowest BCUT2D eigenvalue weighted by Crippen LogP contribution is -2.41. The van der Waals surface area contributed by atoms with Gasteiger partial charge in [-0.1, -0.05) is 23.7 Å². The first-order valence-corrected chi connectivity index (χ1v) is 8.41. The Morgan fingerprint density at radius 3 is 2.71 bits per heavy atom. The number of nitrogens with one attached hydrogen (secondary N) is 1. The highest BCUT2D eigenvalue weighted by Gasteiger charge is 2.19. The monoisotopic (exact) mass is 345 g/mol. The number of ether oxygens (including phenoxy) is 1. The smallest absolute Gasteiger partial charge is 0.272 e. The summed E-state index contributed by atoms with van der Waals surface area (Å²) in [4.78, 5) is 18.4. The van der Waals surface area contributed by atoms with Gasteiger partial charge in [-0.15, -0.1) is 0 Å². The zero-order chi connectivity index (χ0) is 16.8. The molecule has 1 amide bonds. The minimum absolute atomic E-state index is 0.0420. The number of rotatable bonds is 5. The van der Waals surface area contributed by atoms with Gasteiger partial charge in [0.15, 0.2) is 0 Å². The molecule has 0 radical (unpaired) electrons. The minimum atomic E-state index is -0.0420. The Morgan fingerprint density at radius 2 is 1.96 bits per heavy atom. The van der Waals surface area contributed by atoms with Crippen molar-refractivity contribution >= 4 is 23.2 Å². The van der Waals surface area contributed by atoms with Crippen LogP contribution in [0.25, 0.3) is 0 Å². The lowest BCUT2D eigenvalue weighted by atomic mass is 10.1. The number of pyridine rings is 1. The van der Waals surface area contributed by atoms with Gasteiger partial charge in [0, 0.05) is 36.5 Å². The van der Waals surface area contributed by atoms with Crippen molar-refractivity contribution in [2.45, 2.75) is 6.42 Å². The summed E-state index contributed by atoms with van der Waals surface area (Å²) < 4.78 is 5.28. The zero-order valence-electron chi connectivity index (χ0n) is 13.4. The SMILES string of the molecule is O=C(c1cc(NCCc2ccc(Cl)cc2)ccn1)N1CCOCC1. The lowest BCUT2D eigenvalue weighted by molar-refractivity contribution is 0.0299. The summed E-state index contributed by atoms with van der Waals surface area (Å²) in [5.41, 5.74) is 2.58. The van der Waals surface area contributed by atoms with Gasteiger partial charge in [0.25, 0.3) is 5.91 Å². The van der Waals surface area contributed by atoms with Gasteiger partial charge in [-0.3, -0.25) is 9.78 Å². The first-order chi connectivity index (χ1) is 11.7. The summed E-state index contributed by atoms with van der Waals surface area (Å²) in [6.07, 6.45) is 2.55. The molecule has 5 nitrogen and oxygen atoms in total. The molecule has 1 aromatic heterocycles. The quantitative estimate of drug-likeness (QED) is 0.905. The van der Waals surface area contributed by atoms with Crippen LogP contribution in [0.2, 0.25) is 5.02 Å². The fourth-order valence-electron chi connectivity index (χ4n) is 2.59. The Bertz CT molecular complexity index is 685. The van der Waals surface area contributed by atoms with Gasteiger partial charge in [0.2, 0.25) is 0 Å². The van der Waals surface area contributed by atoms with E-state index in [-0.39, 0.29) is 5.91 Å². The van der Waals surface area contributed by atoms with Gasteiger partial charge < -0.3 is 15.0 Å². The maximum atomic E-state index is 12.4. The number of benzene rings is 1. The number of morpholine rings is 1. The van der Waals surface area contributed by atoms with E-state index in [1.54, 1.807) is 17.2 Å². The van der Waals surface area contributed by atoms with Crippen molar-refractivity contribution in [3.05, 3.63) is 58.9 Å². The number of carbonyl (C=O) groups excluding carboxylic acids is 1. The van der Waals surface area contributed by atoms with Gasteiger partial charge >= 0.3 is 0 Å². The molecule has 3 rings (SSSR count). The molecule has 1 aliphatic rings. The van der Waals surface area contributed by atoms with Crippen molar-refractivity contribution in [2.24, 2.45) is 0 Å². The summed E-state index contributed by atoms with van der Waals surface area (Å²) in [5.74, 6) is -0.0420. The number of nitrogens with zero attached hydrogens (tertiary/aromatic N) is 2. The second kappa shape index (κ2) is 8.13. The van der Waals surface area contributed by atoms with E-state index in [2.05, 4.69) is 10.3 Å². The number of aromatic nitrogens is 1. The van der Waals surface area contributed by atoms with Gasteiger partial charge in [0.1, 0.15) is 5.69 Å². The van der Waals surface area contributed by atoms with Crippen LogP contribution in [0.3, 0.4) is 0 Å². The molecule has 0 atom stereocenters. The summed E-state index contributed by atoms with van der Waals surface area (Å²) in [6.45, 7) is 3.19. The number of anilines is 1. The van der Waals surface area contributed by atoms with Crippen molar-refractivity contribution < 1.29 is 9.53 Å². The van der Waals surface area contributed by atoms with Crippen LogP contribution in [0.15, 0.2) is 42.6 Å². The van der Waals surface area contributed by atoms with E-state index in [1.807, 2.05) is 30.3 Å². The Hall–Kier alpha value is -2.11. The molecule has 2 heterocycles. The summed E-state index contributed by atoms with van der Waals surface area (Å²) in [5, 5.41) is 4.08. The molecule has 0 aliphatic carbocycles. The van der Waals surface area contributed by atoms with E-state index in [0.717, 1.165) is 23.7 Å². The number of hydrogen-bond acceptors (Lipinski definition) is 4. The molecule has 0 bridgehead atoms. The van der Waals surface area contributed by atoms with Crippen LogP contribution in [-0.4, -0.2) is 48.6 Å². The van der Waals surface area contributed by atoms with Crippen LogP contribution in [0.1, 0.15) is 16.1 Å². The molecule has 1 saturated heterocycles. The van der Waals surface area contributed by atoms with Crippen LogP contribution < -0.4 is 5.32 Å². The summed E-state index contributed by atoms with van der Waals surface area (Å²) in [7, 11) is 0. The molecule has 1 aromatic carbocycles. The maximum Gasteiger partial charge on any atom is 0.272 e. The predicted octanol–water partition coefficient (Wildman–Crippen LogP) is 2.86. The Kier molecular flexibility index (Phi) is 5.67. The third-order valence-corrected chi connectivity index (χ3v) is 4.19.